The van der Waals surface area contributed by atoms with Gasteiger partial charge in [-0.1, -0.05) is 70.8 Å². The van der Waals surface area contributed by atoms with Crippen LogP contribution in [-0.2, 0) is 0 Å². The van der Waals surface area contributed by atoms with Crippen LogP contribution in [-0.4, -0.2) is 10.8 Å². The second-order valence-corrected chi connectivity index (χ2v) is 5.57. The minimum Gasteiger partial charge on any atom is -0.292 e. The number of Topliss-reactive ketones (excluding diaryl/α,β-unsaturated/α-hetero) is 1. The molecule has 0 spiro atoms. The number of carbonyl (C=O) groups excluding carboxylic acids is 1. The number of pyridine rings is 1. The lowest BCUT2D eigenvalue weighted by molar-refractivity contribution is 0.0974. The quantitative estimate of drug-likeness (QED) is 0.368. The second kappa shape index (κ2) is 11.6. The number of ketones is 1. The summed E-state index contributed by atoms with van der Waals surface area (Å²) in [5, 5.41) is 0. The zero-order valence-corrected chi connectivity index (χ0v) is 12.9. The summed E-state index contributed by atoms with van der Waals surface area (Å²) >= 11 is 0. The summed E-state index contributed by atoms with van der Waals surface area (Å²) in [4.78, 5) is 15.9. The fourth-order valence-electron chi connectivity index (χ4n) is 2.43. The van der Waals surface area contributed by atoms with Crippen molar-refractivity contribution in [3.8, 4) is 0 Å². The number of carbonyl (C=O) groups is 1. The number of rotatable bonds is 12. The van der Waals surface area contributed by atoms with Crippen LogP contribution >= 0.6 is 0 Å². The number of hydrogen-bond acceptors (Lipinski definition) is 2. The predicted octanol–water partition coefficient (Wildman–Crippen LogP) is 5.58. The molecule has 0 saturated heterocycles. The SMILES string of the molecule is CCCCCCCCCCCCC(=O)c1ccccn1. The molecular formula is C18H29NO. The van der Waals surface area contributed by atoms with Crippen molar-refractivity contribution >= 4 is 5.78 Å². The number of aromatic nitrogens is 1. The van der Waals surface area contributed by atoms with Crippen LogP contribution in [0.2, 0.25) is 0 Å². The van der Waals surface area contributed by atoms with Crippen molar-refractivity contribution in [2.75, 3.05) is 0 Å². The van der Waals surface area contributed by atoms with Crippen molar-refractivity contribution in [2.45, 2.75) is 77.6 Å². The first-order valence-corrected chi connectivity index (χ1v) is 8.29. The first-order chi connectivity index (χ1) is 9.84. The molecule has 0 N–H and O–H groups in total. The molecule has 112 valence electrons. The molecule has 1 heterocycles. The highest BCUT2D eigenvalue weighted by Crippen LogP contribution is 2.12. The lowest BCUT2D eigenvalue weighted by Gasteiger charge is -2.02. The van der Waals surface area contributed by atoms with E-state index in [-0.39, 0.29) is 5.78 Å². The van der Waals surface area contributed by atoms with Gasteiger partial charge in [-0.25, -0.2) is 0 Å². The highest BCUT2D eigenvalue weighted by atomic mass is 16.1. The third-order valence-electron chi connectivity index (χ3n) is 3.71. The standard InChI is InChI=1S/C18H29NO/c1-2-3-4-5-6-7-8-9-10-11-15-18(20)17-14-12-13-16-19-17/h12-14,16H,2-11,15H2,1H3. The molecule has 2 nitrogen and oxygen atoms in total. The highest BCUT2D eigenvalue weighted by molar-refractivity contribution is 5.94. The molecule has 1 rings (SSSR count). The van der Waals surface area contributed by atoms with E-state index in [0.717, 1.165) is 6.42 Å². The topological polar surface area (TPSA) is 30.0 Å². The van der Waals surface area contributed by atoms with Gasteiger partial charge >= 0.3 is 0 Å². The van der Waals surface area contributed by atoms with Crippen molar-refractivity contribution in [1.82, 2.24) is 4.98 Å². The molecule has 0 fully saturated rings. The molecule has 0 aliphatic rings. The van der Waals surface area contributed by atoms with E-state index in [1.807, 2.05) is 12.1 Å². The van der Waals surface area contributed by atoms with Gasteiger partial charge in [-0.05, 0) is 18.6 Å². The van der Waals surface area contributed by atoms with E-state index in [0.29, 0.717) is 12.1 Å². The lowest BCUT2D eigenvalue weighted by Crippen LogP contribution is -2.01. The molecule has 0 atom stereocenters. The Morgan fingerprint density at radius 1 is 0.900 bits per heavy atom. The molecule has 0 aliphatic carbocycles. The minimum atomic E-state index is 0.185. The van der Waals surface area contributed by atoms with Gasteiger partial charge in [-0.15, -0.1) is 0 Å². The molecule has 1 aromatic heterocycles. The van der Waals surface area contributed by atoms with Crippen molar-refractivity contribution in [3.05, 3.63) is 30.1 Å². The summed E-state index contributed by atoms with van der Waals surface area (Å²) in [5.41, 5.74) is 0.614. The van der Waals surface area contributed by atoms with Crippen LogP contribution in [0.4, 0.5) is 0 Å². The van der Waals surface area contributed by atoms with E-state index in [4.69, 9.17) is 0 Å². The van der Waals surface area contributed by atoms with Gasteiger partial charge in [0.25, 0.3) is 0 Å². The van der Waals surface area contributed by atoms with Gasteiger partial charge in [0, 0.05) is 12.6 Å². The first-order valence-electron chi connectivity index (χ1n) is 8.29. The third-order valence-corrected chi connectivity index (χ3v) is 3.71. The molecule has 0 aliphatic heterocycles. The van der Waals surface area contributed by atoms with Gasteiger partial charge in [-0.2, -0.15) is 0 Å². The average Bonchev–Trinajstić information content (AvgIpc) is 2.50. The molecule has 0 bridgehead atoms. The average molecular weight is 275 g/mol. The summed E-state index contributed by atoms with van der Waals surface area (Å²) in [7, 11) is 0. The van der Waals surface area contributed by atoms with Gasteiger partial charge in [-0.3, -0.25) is 9.78 Å². The number of hydrogen-bond donors (Lipinski definition) is 0. The Hall–Kier alpha value is -1.18. The highest BCUT2D eigenvalue weighted by Gasteiger charge is 2.05. The van der Waals surface area contributed by atoms with E-state index in [1.165, 1.54) is 57.8 Å². The van der Waals surface area contributed by atoms with E-state index < -0.39 is 0 Å². The van der Waals surface area contributed by atoms with E-state index in [9.17, 15) is 4.79 Å². The normalized spacial score (nSPS) is 10.7. The van der Waals surface area contributed by atoms with Gasteiger partial charge in [0.05, 0.1) is 0 Å². The zero-order valence-electron chi connectivity index (χ0n) is 12.9. The maximum atomic E-state index is 11.8. The smallest absolute Gasteiger partial charge is 0.181 e. The van der Waals surface area contributed by atoms with Crippen molar-refractivity contribution in [1.29, 1.82) is 0 Å². The maximum Gasteiger partial charge on any atom is 0.181 e. The van der Waals surface area contributed by atoms with Crippen molar-refractivity contribution in [2.24, 2.45) is 0 Å². The van der Waals surface area contributed by atoms with Crippen LogP contribution in [0, 0.1) is 0 Å². The molecule has 0 radical (unpaired) electrons. The predicted molar refractivity (Wildman–Crippen MR) is 85.0 cm³/mol. The van der Waals surface area contributed by atoms with Gasteiger partial charge < -0.3 is 0 Å². The first kappa shape index (κ1) is 16.9. The second-order valence-electron chi connectivity index (χ2n) is 5.57. The fraction of sp³-hybridized carbons (Fsp3) is 0.667. The van der Waals surface area contributed by atoms with Crippen molar-refractivity contribution in [3.63, 3.8) is 0 Å². The van der Waals surface area contributed by atoms with Crippen molar-refractivity contribution < 1.29 is 4.79 Å². The molecule has 0 aromatic carbocycles. The van der Waals surface area contributed by atoms with Crippen LogP contribution in [0.5, 0.6) is 0 Å². The van der Waals surface area contributed by atoms with Crippen LogP contribution < -0.4 is 0 Å². The molecule has 1 aromatic rings. The fourth-order valence-corrected chi connectivity index (χ4v) is 2.43. The van der Waals surface area contributed by atoms with Crippen LogP contribution in [0.1, 0.15) is 88.0 Å². The Bertz CT molecular complexity index is 348. The molecule has 0 unspecified atom stereocenters. The Kier molecular flexibility index (Phi) is 9.81. The van der Waals surface area contributed by atoms with E-state index >= 15 is 0 Å². The molecule has 20 heavy (non-hydrogen) atoms. The van der Waals surface area contributed by atoms with Crippen LogP contribution in [0.25, 0.3) is 0 Å². The number of unbranched alkanes of at least 4 members (excludes halogenated alkanes) is 9. The molecule has 2 heteroatoms. The van der Waals surface area contributed by atoms with E-state index in [2.05, 4.69) is 11.9 Å². The summed E-state index contributed by atoms with van der Waals surface area (Å²) < 4.78 is 0. The monoisotopic (exact) mass is 275 g/mol. The lowest BCUT2D eigenvalue weighted by atomic mass is 10.0. The van der Waals surface area contributed by atoms with Gasteiger partial charge in [0.15, 0.2) is 5.78 Å². The van der Waals surface area contributed by atoms with Crippen LogP contribution in [0.15, 0.2) is 24.4 Å². The Labute approximate surface area is 124 Å². The Balaban J connectivity index is 1.91. The van der Waals surface area contributed by atoms with Gasteiger partial charge in [0.1, 0.15) is 5.69 Å². The molecular weight excluding hydrogens is 246 g/mol. The summed E-state index contributed by atoms with van der Waals surface area (Å²) in [6.07, 6.45) is 15.3. The van der Waals surface area contributed by atoms with E-state index in [1.54, 1.807) is 12.3 Å². The largest absolute Gasteiger partial charge is 0.292 e. The van der Waals surface area contributed by atoms with Gasteiger partial charge in [0.2, 0.25) is 0 Å². The maximum absolute atomic E-state index is 11.8. The van der Waals surface area contributed by atoms with Crippen LogP contribution in [0.3, 0.4) is 0 Å². The number of nitrogens with zero attached hydrogens (tertiary/aromatic N) is 1. The third kappa shape index (κ3) is 8.08. The Morgan fingerprint density at radius 3 is 2.05 bits per heavy atom. The zero-order chi connectivity index (χ0) is 14.5. The molecule has 0 amide bonds. The summed E-state index contributed by atoms with van der Waals surface area (Å²) in [6, 6.07) is 5.52. The molecule has 0 saturated carbocycles. The summed E-state index contributed by atoms with van der Waals surface area (Å²) in [5.74, 6) is 0.185. The summed E-state index contributed by atoms with van der Waals surface area (Å²) in [6.45, 7) is 2.26. The minimum absolute atomic E-state index is 0.185. The Morgan fingerprint density at radius 2 is 1.50 bits per heavy atom.